The molecule has 0 spiro atoms. The zero-order chi connectivity index (χ0) is 13.2. The van der Waals surface area contributed by atoms with Gasteiger partial charge in [0.2, 0.25) is 5.91 Å². The van der Waals surface area contributed by atoms with Crippen molar-refractivity contribution in [3.63, 3.8) is 0 Å². The van der Waals surface area contributed by atoms with Gasteiger partial charge in [0.15, 0.2) is 0 Å². The molecule has 2 aromatic rings. The number of rotatable bonds is 1. The Morgan fingerprint density at radius 3 is 2.53 bits per heavy atom. The summed E-state index contributed by atoms with van der Waals surface area (Å²) in [6, 6.07) is 17.3. The van der Waals surface area contributed by atoms with Gasteiger partial charge in [-0.25, -0.2) is 0 Å². The number of para-hydroxylation sites is 1. The Morgan fingerprint density at radius 1 is 1.05 bits per heavy atom. The van der Waals surface area contributed by atoms with E-state index in [1.807, 2.05) is 61.5 Å². The van der Waals surface area contributed by atoms with Gasteiger partial charge in [0.1, 0.15) is 6.04 Å². The number of carbonyl (C=O) groups is 1. The maximum Gasteiger partial charge on any atom is 0.248 e. The molecule has 1 heterocycles. The summed E-state index contributed by atoms with van der Waals surface area (Å²) in [5.41, 5.74) is 3.67. The van der Waals surface area contributed by atoms with E-state index in [1.54, 1.807) is 0 Å². The first kappa shape index (κ1) is 11.7. The molecule has 0 fully saturated rings. The number of fused-ring (bicyclic) bond motifs is 1. The number of nitrogens with one attached hydrogen (secondary N) is 1. The predicted molar refractivity (Wildman–Crippen MR) is 78.7 cm³/mol. The Balaban J connectivity index is 0.00000147. The van der Waals surface area contributed by atoms with Gasteiger partial charge in [-0.2, -0.15) is 0 Å². The lowest BCUT2D eigenvalue weighted by Gasteiger charge is -2.09. The molecule has 1 amide bonds. The second-order valence-corrected chi connectivity index (χ2v) is 4.55. The summed E-state index contributed by atoms with van der Waals surface area (Å²) in [7, 11) is 0. The number of benzodiazepines with no additional fused rings is 1. The van der Waals surface area contributed by atoms with Crippen LogP contribution in [0.4, 0.5) is 5.69 Å². The van der Waals surface area contributed by atoms with Crippen LogP contribution in [0.2, 0.25) is 0 Å². The molecule has 19 heavy (non-hydrogen) atoms. The van der Waals surface area contributed by atoms with Crippen LogP contribution in [0.1, 0.15) is 19.5 Å². The third-order valence-electron chi connectivity index (χ3n) is 3.19. The predicted octanol–water partition coefficient (Wildman–Crippen LogP) is 3.11. The largest absolute Gasteiger partial charge is 0.324 e. The summed E-state index contributed by atoms with van der Waals surface area (Å²) in [4.78, 5) is 16.5. The van der Waals surface area contributed by atoms with Crippen LogP contribution in [-0.4, -0.2) is 17.7 Å². The zero-order valence-electron chi connectivity index (χ0n) is 10.6. The highest BCUT2D eigenvalue weighted by Gasteiger charge is 2.21. The summed E-state index contributed by atoms with van der Waals surface area (Å²) < 4.78 is 0. The number of anilines is 1. The van der Waals surface area contributed by atoms with Crippen molar-refractivity contribution in [2.45, 2.75) is 13.0 Å². The molecule has 1 N–H and O–H groups in total. The van der Waals surface area contributed by atoms with Crippen molar-refractivity contribution in [1.82, 2.24) is 0 Å². The van der Waals surface area contributed by atoms with E-state index < -0.39 is 0 Å². The molecule has 0 radical (unpaired) electrons. The van der Waals surface area contributed by atoms with Crippen molar-refractivity contribution >= 4 is 17.3 Å². The van der Waals surface area contributed by atoms with E-state index in [4.69, 9.17) is 0 Å². The van der Waals surface area contributed by atoms with Crippen molar-refractivity contribution in [2.75, 3.05) is 5.32 Å². The van der Waals surface area contributed by atoms with E-state index in [9.17, 15) is 4.79 Å². The number of amides is 1. The van der Waals surface area contributed by atoms with Gasteiger partial charge in [0.05, 0.1) is 11.4 Å². The topological polar surface area (TPSA) is 41.5 Å². The minimum absolute atomic E-state index is 0. The van der Waals surface area contributed by atoms with Gasteiger partial charge in [-0.15, -0.1) is 0 Å². The van der Waals surface area contributed by atoms with Crippen molar-refractivity contribution in [3.8, 4) is 0 Å². The molecular formula is C16H16N2O. The van der Waals surface area contributed by atoms with Crippen LogP contribution in [0.15, 0.2) is 59.6 Å². The third kappa shape index (κ3) is 2.15. The maximum atomic E-state index is 11.9. The van der Waals surface area contributed by atoms with Crippen LogP contribution in [0.3, 0.4) is 0 Å². The molecule has 2 aromatic carbocycles. The number of nitrogens with zero attached hydrogens (tertiary/aromatic N) is 1. The first-order valence-corrected chi connectivity index (χ1v) is 6.29. The summed E-state index contributed by atoms with van der Waals surface area (Å²) >= 11 is 0. The van der Waals surface area contributed by atoms with Gasteiger partial charge in [0.25, 0.3) is 0 Å². The molecule has 0 saturated carbocycles. The lowest BCUT2D eigenvalue weighted by Crippen LogP contribution is -2.22. The number of benzene rings is 2. The van der Waals surface area contributed by atoms with E-state index in [0.717, 1.165) is 22.5 Å². The lowest BCUT2D eigenvalue weighted by atomic mass is 10.0. The number of hydrogen-bond acceptors (Lipinski definition) is 2. The Labute approximate surface area is 113 Å². The molecule has 0 bridgehead atoms. The first-order chi connectivity index (χ1) is 9.25. The van der Waals surface area contributed by atoms with Crippen LogP contribution in [0, 0.1) is 0 Å². The minimum atomic E-state index is -0.386. The molecule has 1 aliphatic rings. The fourth-order valence-electron chi connectivity index (χ4n) is 2.18. The Hall–Kier alpha value is -2.42. The number of aliphatic imine (C=N–C) groups is 1. The Bertz CT molecular complexity index is 653. The average molecular weight is 252 g/mol. The highest BCUT2D eigenvalue weighted by atomic mass is 16.2. The summed E-state index contributed by atoms with van der Waals surface area (Å²) in [6.45, 7) is 1.81. The molecule has 3 rings (SSSR count). The normalized spacial score (nSPS) is 18.1. The van der Waals surface area contributed by atoms with Gasteiger partial charge in [-0.3, -0.25) is 9.79 Å². The number of hydrogen-bond donors (Lipinski definition) is 1. The minimum Gasteiger partial charge on any atom is -0.324 e. The molecule has 96 valence electrons. The van der Waals surface area contributed by atoms with E-state index in [0.29, 0.717) is 0 Å². The molecule has 3 nitrogen and oxygen atoms in total. The van der Waals surface area contributed by atoms with Crippen molar-refractivity contribution in [2.24, 2.45) is 4.99 Å². The molecular weight excluding hydrogens is 236 g/mol. The fraction of sp³-hybridized carbons (Fsp3) is 0.125. The highest BCUT2D eigenvalue weighted by molar-refractivity contribution is 6.19. The molecule has 1 aliphatic heterocycles. The van der Waals surface area contributed by atoms with Crippen molar-refractivity contribution in [1.29, 1.82) is 0 Å². The smallest absolute Gasteiger partial charge is 0.248 e. The van der Waals surface area contributed by atoms with Crippen LogP contribution in [0.25, 0.3) is 0 Å². The van der Waals surface area contributed by atoms with Gasteiger partial charge in [-0.1, -0.05) is 48.5 Å². The summed E-state index contributed by atoms with van der Waals surface area (Å²) in [5.74, 6) is -0.0709. The Kier molecular flexibility index (Phi) is 2.88. The van der Waals surface area contributed by atoms with E-state index in [2.05, 4.69) is 10.3 Å². The van der Waals surface area contributed by atoms with Gasteiger partial charge < -0.3 is 5.32 Å². The van der Waals surface area contributed by atoms with Gasteiger partial charge in [-0.05, 0) is 13.0 Å². The number of carbonyl (C=O) groups excluding carboxylic acids is 1. The molecule has 0 saturated heterocycles. The molecule has 1 atom stereocenters. The quantitative estimate of drug-likeness (QED) is 0.832. The van der Waals surface area contributed by atoms with Crippen LogP contribution in [-0.2, 0) is 4.79 Å². The monoisotopic (exact) mass is 252 g/mol. The fourth-order valence-corrected chi connectivity index (χ4v) is 2.18. The summed E-state index contributed by atoms with van der Waals surface area (Å²) in [6.07, 6.45) is 0. The zero-order valence-corrected chi connectivity index (χ0v) is 10.6. The van der Waals surface area contributed by atoms with Crippen molar-refractivity contribution < 1.29 is 6.22 Å². The molecule has 3 heteroatoms. The molecule has 0 unspecified atom stereocenters. The molecule has 0 aromatic heterocycles. The maximum absolute atomic E-state index is 11.9. The van der Waals surface area contributed by atoms with Crippen LogP contribution < -0.4 is 5.32 Å². The SMILES string of the molecule is C[C@H]1N=C(c2ccccc2)c2ccccc2NC1=O.[HH]. The highest BCUT2D eigenvalue weighted by Crippen LogP contribution is 2.23. The van der Waals surface area contributed by atoms with E-state index in [-0.39, 0.29) is 13.4 Å². The average Bonchev–Trinajstić information content (AvgIpc) is 2.58. The van der Waals surface area contributed by atoms with E-state index >= 15 is 0 Å². The standard InChI is InChI=1S/C16H14N2O.H2/c1-11-16(19)18-14-10-6-5-9-13(14)15(17-11)12-7-3-2-4-8-12;/h2-11H,1H3,(H,18,19);1H/t11-;/m1./s1. The van der Waals surface area contributed by atoms with Gasteiger partial charge in [0, 0.05) is 12.6 Å². The second-order valence-electron chi connectivity index (χ2n) is 4.55. The summed E-state index contributed by atoms with van der Waals surface area (Å²) in [5, 5.41) is 2.92. The van der Waals surface area contributed by atoms with Crippen molar-refractivity contribution in [3.05, 3.63) is 65.7 Å². The van der Waals surface area contributed by atoms with Crippen LogP contribution in [0.5, 0.6) is 0 Å². The third-order valence-corrected chi connectivity index (χ3v) is 3.19. The second kappa shape index (κ2) is 4.69. The van der Waals surface area contributed by atoms with Gasteiger partial charge >= 0.3 is 0 Å². The first-order valence-electron chi connectivity index (χ1n) is 6.29. The van der Waals surface area contributed by atoms with E-state index in [1.165, 1.54) is 0 Å². The lowest BCUT2D eigenvalue weighted by molar-refractivity contribution is -0.116. The van der Waals surface area contributed by atoms with Crippen LogP contribution >= 0.6 is 0 Å². The molecule has 0 aliphatic carbocycles. The Morgan fingerprint density at radius 2 is 1.74 bits per heavy atom.